The smallest absolute Gasteiger partial charge is 0.233 e. The number of hydrogen-bond donors (Lipinski definition) is 1. The highest BCUT2D eigenvalue weighted by molar-refractivity contribution is 9.10. The van der Waals surface area contributed by atoms with Gasteiger partial charge in [-0.15, -0.1) is 10.2 Å². The third-order valence-corrected chi connectivity index (χ3v) is 4.69. The summed E-state index contributed by atoms with van der Waals surface area (Å²) in [6, 6.07) is 7.65. The Kier molecular flexibility index (Phi) is 6.44. The van der Waals surface area contributed by atoms with Crippen LogP contribution in [0, 0.1) is 0 Å². The van der Waals surface area contributed by atoms with Gasteiger partial charge in [-0.25, -0.2) is 4.68 Å². The molecule has 0 aliphatic rings. The van der Waals surface area contributed by atoms with E-state index in [9.17, 15) is 4.79 Å². The fraction of sp³-hybridized carbons (Fsp3) is 0.312. The maximum absolute atomic E-state index is 12.3. The van der Waals surface area contributed by atoms with Crippen molar-refractivity contribution in [1.29, 1.82) is 0 Å². The molecule has 0 bridgehead atoms. The average molecular weight is 410 g/mol. The standard InChI is InChI=1S/C16H20BrN5OS/c1-4-21(9-11(2)3)14(23)10-24-16-20-19-15(22(16)18)12-6-5-7-13(17)8-12/h5-8H,2,4,9-10,18H2,1,3H3. The molecular weight excluding hydrogens is 390 g/mol. The summed E-state index contributed by atoms with van der Waals surface area (Å²) in [7, 11) is 0. The Balaban J connectivity index is 2.06. The van der Waals surface area contributed by atoms with Crippen molar-refractivity contribution in [3.8, 4) is 11.4 Å². The zero-order valence-corrected chi connectivity index (χ0v) is 16.1. The number of carbonyl (C=O) groups excluding carboxylic acids is 1. The zero-order valence-electron chi connectivity index (χ0n) is 13.7. The third-order valence-electron chi connectivity index (χ3n) is 3.27. The number of thioether (sulfide) groups is 1. The van der Waals surface area contributed by atoms with Crippen LogP contribution in [0.1, 0.15) is 13.8 Å². The monoisotopic (exact) mass is 409 g/mol. The summed E-state index contributed by atoms with van der Waals surface area (Å²) in [5, 5.41) is 8.72. The van der Waals surface area contributed by atoms with Crippen LogP contribution in [0.15, 0.2) is 46.0 Å². The first-order valence-corrected chi connectivity index (χ1v) is 9.21. The number of nitrogens with zero attached hydrogens (tertiary/aromatic N) is 4. The quantitative estimate of drug-likeness (QED) is 0.432. The molecule has 0 radical (unpaired) electrons. The van der Waals surface area contributed by atoms with Crippen molar-refractivity contribution in [3.63, 3.8) is 0 Å². The number of nitrogens with two attached hydrogens (primary N) is 1. The summed E-state index contributed by atoms with van der Waals surface area (Å²) in [6.07, 6.45) is 0. The predicted octanol–water partition coefficient (Wildman–Crippen LogP) is 2.94. The van der Waals surface area contributed by atoms with E-state index < -0.39 is 0 Å². The molecule has 2 rings (SSSR count). The lowest BCUT2D eigenvalue weighted by atomic mass is 10.2. The van der Waals surface area contributed by atoms with Crippen molar-refractivity contribution < 1.29 is 4.79 Å². The van der Waals surface area contributed by atoms with Crippen LogP contribution >= 0.6 is 27.7 Å². The normalized spacial score (nSPS) is 10.6. The van der Waals surface area contributed by atoms with Crippen LogP contribution in [-0.4, -0.2) is 44.5 Å². The van der Waals surface area contributed by atoms with Gasteiger partial charge in [-0.2, -0.15) is 0 Å². The van der Waals surface area contributed by atoms with Crippen molar-refractivity contribution in [2.75, 3.05) is 24.7 Å². The topological polar surface area (TPSA) is 77.0 Å². The van der Waals surface area contributed by atoms with Crippen LogP contribution in [0.5, 0.6) is 0 Å². The molecule has 0 saturated heterocycles. The van der Waals surface area contributed by atoms with Gasteiger partial charge in [0.15, 0.2) is 5.82 Å². The van der Waals surface area contributed by atoms with E-state index in [1.165, 1.54) is 16.4 Å². The molecule has 1 aromatic carbocycles. The molecule has 128 valence electrons. The molecule has 0 aliphatic heterocycles. The van der Waals surface area contributed by atoms with Crippen LogP contribution in [0.3, 0.4) is 0 Å². The number of rotatable bonds is 7. The van der Waals surface area contributed by atoms with Crippen LogP contribution in [-0.2, 0) is 4.79 Å². The second kappa shape index (κ2) is 8.34. The Morgan fingerprint density at radius 1 is 1.46 bits per heavy atom. The van der Waals surface area contributed by atoms with Gasteiger partial charge in [0.05, 0.1) is 5.75 Å². The van der Waals surface area contributed by atoms with Crippen LogP contribution in [0.2, 0.25) is 0 Å². The van der Waals surface area contributed by atoms with Gasteiger partial charge in [-0.3, -0.25) is 4.79 Å². The van der Waals surface area contributed by atoms with Gasteiger partial charge in [-0.1, -0.05) is 52.0 Å². The van der Waals surface area contributed by atoms with Crippen molar-refractivity contribution in [2.45, 2.75) is 19.0 Å². The average Bonchev–Trinajstić information content (AvgIpc) is 2.91. The highest BCUT2D eigenvalue weighted by atomic mass is 79.9. The lowest BCUT2D eigenvalue weighted by molar-refractivity contribution is -0.127. The minimum atomic E-state index is 0.0255. The fourth-order valence-corrected chi connectivity index (χ4v) is 3.28. The lowest BCUT2D eigenvalue weighted by Crippen LogP contribution is -2.33. The molecule has 0 unspecified atom stereocenters. The van der Waals surface area contributed by atoms with Crippen LogP contribution < -0.4 is 5.84 Å². The zero-order chi connectivity index (χ0) is 17.7. The molecule has 0 saturated carbocycles. The second-order valence-electron chi connectivity index (χ2n) is 5.34. The van der Waals surface area contributed by atoms with Gasteiger partial charge in [0.2, 0.25) is 11.1 Å². The number of amides is 1. The molecule has 1 aromatic heterocycles. The summed E-state index contributed by atoms with van der Waals surface area (Å²) < 4.78 is 2.35. The number of aromatic nitrogens is 3. The molecule has 24 heavy (non-hydrogen) atoms. The fourth-order valence-electron chi connectivity index (χ4n) is 2.12. The SMILES string of the molecule is C=C(C)CN(CC)C(=O)CSc1nnc(-c2cccc(Br)c2)n1N. The summed E-state index contributed by atoms with van der Waals surface area (Å²) in [4.78, 5) is 14.0. The third kappa shape index (κ3) is 4.61. The van der Waals surface area contributed by atoms with E-state index in [2.05, 4.69) is 32.7 Å². The van der Waals surface area contributed by atoms with Crippen LogP contribution in [0.4, 0.5) is 0 Å². The number of carbonyl (C=O) groups is 1. The first-order valence-electron chi connectivity index (χ1n) is 7.43. The predicted molar refractivity (Wildman–Crippen MR) is 101 cm³/mol. The minimum absolute atomic E-state index is 0.0255. The van der Waals surface area contributed by atoms with Gasteiger partial charge >= 0.3 is 0 Å². The van der Waals surface area contributed by atoms with E-state index in [1.54, 1.807) is 4.90 Å². The van der Waals surface area contributed by atoms with Crippen molar-refractivity contribution in [1.82, 2.24) is 19.8 Å². The van der Waals surface area contributed by atoms with Gasteiger partial charge in [0.25, 0.3) is 0 Å². The number of benzene rings is 1. The molecule has 8 heteroatoms. The highest BCUT2D eigenvalue weighted by Crippen LogP contribution is 2.24. The molecule has 0 spiro atoms. The number of hydrogen-bond acceptors (Lipinski definition) is 5. The highest BCUT2D eigenvalue weighted by Gasteiger charge is 2.16. The Bertz CT molecular complexity index is 746. The molecule has 0 atom stereocenters. The summed E-state index contributed by atoms with van der Waals surface area (Å²) in [6.45, 7) is 8.91. The molecule has 6 nitrogen and oxygen atoms in total. The van der Waals surface area contributed by atoms with E-state index >= 15 is 0 Å². The van der Waals surface area contributed by atoms with Gasteiger partial charge < -0.3 is 10.7 Å². The van der Waals surface area contributed by atoms with Gasteiger partial charge in [-0.05, 0) is 26.0 Å². The van der Waals surface area contributed by atoms with E-state index in [0.717, 1.165) is 15.6 Å². The number of likely N-dealkylation sites (N-methyl/N-ethyl adjacent to an activating group) is 1. The minimum Gasteiger partial charge on any atom is -0.338 e. The largest absolute Gasteiger partial charge is 0.338 e. The van der Waals surface area contributed by atoms with Crippen molar-refractivity contribution in [2.24, 2.45) is 0 Å². The maximum atomic E-state index is 12.3. The Labute approximate surface area is 154 Å². The van der Waals surface area contributed by atoms with Crippen LogP contribution in [0.25, 0.3) is 11.4 Å². The molecule has 2 aromatic rings. The molecule has 2 N–H and O–H groups in total. The van der Waals surface area contributed by atoms with E-state index in [4.69, 9.17) is 5.84 Å². The number of halogens is 1. The summed E-state index contributed by atoms with van der Waals surface area (Å²) in [5.41, 5.74) is 1.81. The number of nitrogen functional groups attached to an aromatic ring is 1. The van der Waals surface area contributed by atoms with Gasteiger partial charge in [0, 0.05) is 23.1 Å². The first-order chi connectivity index (χ1) is 11.4. The summed E-state index contributed by atoms with van der Waals surface area (Å²) >= 11 is 4.70. The molecule has 0 aliphatic carbocycles. The molecule has 1 heterocycles. The first kappa shape index (κ1) is 18.5. The molecular formula is C16H20BrN5OS. The second-order valence-corrected chi connectivity index (χ2v) is 7.20. The maximum Gasteiger partial charge on any atom is 0.233 e. The Morgan fingerprint density at radius 3 is 2.83 bits per heavy atom. The van der Waals surface area contributed by atoms with Crippen molar-refractivity contribution >= 4 is 33.6 Å². The Hall–Kier alpha value is -1.80. The molecule has 0 fully saturated rings. The Morgan fingerprint density at radius 2 is 2.21 bits per heavy atom. The summed E-state index contributed by atoms with van der Waals surface area (Å²) in [5.74, 6) is 6.92. The molecule has 1 amide bonds. The lowest BCUT2D eigenvalue weighted by Gasteiger charge is -2.20. The van der Waals surface area contributed by atoms with E-state index in [-0.39, 0.29) is 11.7 Å². The van der Waals surface area contributed by atoms with Gasteiger partial charge in [0.1, 0.15) is 0 Å². The van der Waals surface area contributed by atoms with Crippen molar-refractivity contribution in [3.05, 3.63) is 40.9 Å². The van der Waals surface area contributed by atoms with E-state index in [1.807, 2.05) is 38.1 Å². The van der Waals surface area contributed by atoms with E-state index in [0.29, 0.717) is 24.1 Å².